The molecule has 4 heteroatoms. The van der Waals surface area contributed by atoms with Crippen LogP contribution in [0.15, 0.2) is 12.2 Å². The van der Waals surface area contributed by atoms with Crippen LogP contribution in [0.4, 0.5) is 0 Å². The Hall–Kier alpha value is -0.870. The molecule has 166 valence electrons. The highest BCUT2D eigenvalue weighted by atomic mass is 16.3. The molecule has 0 rings (SSSR count). The van der Waals surface area contributed by atoms with Gasteiger partial charge in [-0.05, 0) is 19.2 Å². The predicted octanol–water partition coefficient (Wildman–Crippen LogP) is 5.66. The molecule has 0 saturated heterocycles. The molecular weight excluding hydrogens is 350 g/mol. The molecule has 28 heavy (non-hydrogen) atoms. The maximum atomic E-state index is 12.6. The summed E-state index contributed by atoms with van der Waals surface area (Å²) in [5.74, 6) is -1.77. The summed E-state index contributed by atoms with van der Waals surface area (Å²) in [5.41, 5.74) is 0. The van der Waals surface area contributed by atoms with Gasteiger partial charge in [0.25, 0.3) is 0 Å². The molecular formula is C24H47NO3. The summed E-state index contributed by atoms with van der Waals surface area (Å²) < 4.78 is 84.0. The van der Waals surface area contributed by atoms with Gasteiger partial charge in [-0.25, -0.2) is 0 Å². The zero-order valence-corrected chi connectivity index (χ0v) is 17.3. The van der Waals surface area contributed by atoms with Gasteiger partial charge >= 0.3 is 0 Å². The minimum Gasteiger partial charge on any atom is -0.394 e. The molecule has 1 amide bonds. The molecule has 0 heterocycles. The summed E-state index contributed by atoms with van der Waals surface area (Å²) in [7, 11) is 0. The fourth-order valence-electron chi connectivity index (χ4n) is 2.86. The first-order valence-corrected chi connectivity index (χ1v) is 10.6. The van der Waals surface area contributed by atoms with Crippen molar-refractivity contribution in [2.45, 2.75) is 128 Å². The van der Waals surface area contributed by atoms with E-state index < -0.39 is 57.0 Å². The van der Waals surface area contributed by atoms with E-state index in [9.17, 15) is 15.0 Å². The van der Waals surface area contributed by atoms with Crippen molar-refractivity contribution in [1.29, 1.82) is 0 Å². The Morgan fingerprint density at radius 3 is 2.21 bits per heavy atom. The van der Waals surface area contributed by atoms with Crippen LogP contribution in [-0.4, -0.2) is 34.9 Å². The smallest absolute Gasteiger partial charge is 0.220 e. The predicted molar refractivity (Wildman–Crippen MR) is 119 cm³/mol. The van der Waals surface area contributed by atoms with Crippen molar-refractivity contribution >= 4 is 5.91 Å². The van der Waals surface area contributed by atoms with Crippen molar-refractivity contribution in [3.05, 3.63) is 12.2 Å². The molecule has 3 N–H and O–H groups in total. The number of hydrogen-bond acceptors (Lipinski definition) is 3. The van der Waals surface area contributed by atoms with Crippen LogP contribution in [0.3, 0.4) is 0 Å². The number of unbranched alkanes of at least 4 members (excludes halogenated alkanes) is 11. The third-order valence-electron chi connectivity index (χ3n) is 4.53. The molecule has 0 aliphatic rings. The summed E-state index contributed by atoms with van der Waals surface area (Å²) >= 11 is 0. The first kappa shape index (κ1) is 13.4. The Labute approximate surface area is 189 Å². The van der Waals surface area contributed by atoms with Crippen LogP contribution in [0.5, 0.6) is 0 Å². The van der Waals surface area contributed by atoms with Gasteiger partial charge in [0.2, 0.25) is 5.91 Å². The zero-order chi connectivity index (χ0) is 30.5. The van der Waals surface area contributed by atoms with E-state index in [1.54, 1.807) is 6.08 Å². The van der Waals surface area contributed by atoms with E-state index in [0.717, 1.165) is 19.3 Å². The van der Waals surface area contributed by atoms with Gasteiger partial charge in [0.1, 0.15) is 0 Å². The molecule has 2 atom stereocenters. The molecule has 0 spiro atoms. The van der Waals surface area contributed by atoms with E-state index >= 15 is 0 Å². The number of allylic oxidation sites excluding steroid dienone is 1. The number of rotatable bonds is 20. The van der Waals surface area contributed by atoms with Crippen LogP contribution in [0.1, 0.15) is 131 Å². The van der Waals surface area contributed by atoms with Gasteiger partial charge < -0.3 is 15.5 Å². The van der Waals surface area contributed by atoms with Crippen LogP contribution in [-0.2, 0) is 4.79 Å². The maximum Gasteiger partial charge on any atom is 0.220 e. The molecule has 0 unspecified atom stereocenters. The summed E-state index contributed by atoms with van der Waals surface area (Å²) in [6.45, 7) is -2.30. The third kappa shape index (κ3) is 17.2. The lowest BCUT2D eigenvalue weighted by atomic mass is 10.0. The Bertz CT molecular complexity index is 743. The SMILES string of the molecule is [2H]C([2H])([2H])C([2H])([2H])C([2H])([2H])C([2H])([2H])C([2H])([2H])C(=O)N[C@@H](CO)[C@H](O)/C=C/CCCCCCCCCCCCC. The van der Waals surface area contributed by atoms with Gasteiger partial charge in [-0.3, -0.25) is 4.79 Å². The van der Waals surface area contributed by atoms with Gasteiger partial charge in [-0.2, -0.15) is 0 Å². The third-order valence-corrected chi connectivity index (χ3v) is 4.53. The normalized spacial score (nSPS) is 22.0. The number of amides is 1. The average Bonchev–Trinajstić information content (AvgIpc) is 2.83. The first-order chi connectivity index (χ1) is 17.8. The van der Waals surface area contributed by atoms with E-state index in [0.29, 0.717) is 6.42 Å². The molecule has 0 aliphatic heterocycles. The molecule has 0 aromatic heterocycles. The van der Waals surface area contributed by atoms with E-state index in [1.807, 2.05) is 5.32 Å². The maximum absolute atomic E-state index is 12.6. The molecule has 0 fully saturated rings. The number of aliphatic hydroxyl groups is 2. The number of nitrogens with one attached hydrogen (secondary N) is 1. The minimum atomic E-state index is -3.96. The highest BCUT2D eigenvalue weighted by molar-refractivity contribution is 5.76. The zero-order valence-electron chi connectivity index (χ0n) is 28.3. The number of carbonyl (C=O) groups excluding carboxylic acids is 1. The number of aliphatic hydroxyl groups excluding tert-OH is 2. The van der Waals surface area contributed by atoms with E-state index in [-0.39, 0.29) is 0 Å². The lowest BCUT2D eigenvalue weighted by Gasteiger charge is -2.19. The van der Waals surface area contributed by atoms with Gasteiger partial charge in [0.15, 0.2) is 0 Å². The van der Waals surface area contributed by atoms with Gasteiger partial charge in [-0.15, -0.1) is 0 Å². The van der Waals surface area contributed by atoms with Crippen LogP contribution in [0, 0.1) is 0 Å². The molecule has 4 nitrogen and oxygen atoms in total. The Kier molecular flexibility index (Phi) is 10.0. The second-order valence-corrected chi connectivity index (χ2v) is 7.01. The molecule has 0 aromatic carbocycles. The molecule has 0 radical (unpaired) electrons. The quantitative estimate of drug-likeness (QED) is 0.180. The standard InChI is InChI=1S/C24H47NO3/c1-3-5-7-8-9-10-11-12-13-14-15-16-18-19-23(27)22(21-26)25-24(28)20-17-6-4-2/h18-19,22-23,26-27H,3-17,20-21H2,1-2H3,(H,25,28)/b19-18+/t22-,23+/m0/s1/i2D3,4D2,6D2,17D2,20D2. The Morgan fingerprint density at radius 2 is 1.64 bits per heavy atom. The molecule has 0 saturated carbocycles. The van der Waals surface area contributed by atoms with E-state index in [2.05, 4.69) is 6.92 Å². The summed E-state index contributed by atoms with van der Waals surface area (Å²) in [4.78, 5) is 12.6. The van der Waals surface area contributed by atoms with Crippen LogP contribution >= 0.6 is 0 Å². The van der Waals surface area contributed by atoms with Crippen molar-refractivity contribution in [3.63, 3.8) is 0 Å². The van der Waals surface area contributed by atoms with Gasteiger partial charge in [0.05, 0.1) is 18.8 Å². The second kappa shape index (κ2) is 20.9. The first-order valence-electron chi connectivity index (χ1n) is 16.1. The van der Waals surface area contributed by atoms with Crippen molar-refractivity contribution in [2.75, 3.05) is 6.61 Å². The highest BCUT2D eigenvalue weighted by Gasteiger charge is 2.17. The van der Waals surface area contributed by atoms with Crippen LogP contribution in [0.2, 0.25) is 0 Å². The summed E-state index contributed by atoms with van der Waals surface area (Å²) in [6, 6.07) is -1.46. The highest BCUT2D eigenvalue weighted by Crippen LogP contribution is 2.12. The topological polar surface area (TPSA) is 69.6 Å². The summed E-state index contributed by atoms with van der Waals surface area (Å²) in [5, 5.41) is 21.8. The molecule has 0 bridgehead atoms. The van der Waals surface area contributed by atoms with Gasteiger partial charge in [-0.1, -0.05) is 103 Å². The van der Waals surface area contributed by atoms with Crippen molar-refractivity contribution in [2.24, 2.45) is 0 Å². The van der Waals surface area contributed by atoms with Gasteiger partial charge in [0, 0.05) is 21.5 Å². The average molecular weight is 409 g/mol. The Balaban J connectivity index is 4.84. The number of hydrogen-bond donors (Lipinski definition) is 3. The lowest BCUT2D eigenvalue weighted by molar-refractivity contribution is -0.123. The molecule has 0 aliphatic carbocycles. The van der Waals surface area contributed by atoms with Crippen molar-refractivity contribution in [3.8, 4) is 0 Å². The largest absolute Gasteiger partial charge is 0.394 e. The fourth-order valence-corrected chi connectivity index (χ4v) is 2.86. The lowest BCUT2D eigenvalue weighted by Crippen LogP contribution is -2.45. The minimum absolute atomic E-state index is 0.633. The molecule has 0 aromatic rings. The van der Waals surface area contributed by atoms with Crippen LogP contribution < -0.4 is 5.32 Å². The number of carbonyl (C=O) groups is 1. The van der Waals surface area contributed by atoms with E-state index in [1.165, 1.54) is 57.4 Å². The van der Waals surface area contributed by atoms with Crippen molar-refractivity contribution < 1.29 is 30.1 Å². The van der Waals surface area contributed by atoms with Crippen LogP contribution in [0.25, 0.3) is 0 Å². The second-order valence-electron chi connectivity index (χ2n) is 7.01. The van der Waals surface area contributed by atoms with Crippen molar-refractivity contribution in [1.82, 2.24) is 5.32 Å². The monoisotopic (exact) mass is 408 g/mol. The van der Waals surface area contributed by atoms with E-state index in [4.69, 9.17) is 15.1 Å². The summed E-state index contributed by atoms with van der Waals surface area (Å²) in [6.07, 6.45) is -0.330. The Morgan fingerprint density at radius 1 is 1.04 bits per heavy atom. The fraction of sp³-hybridized carbons (Fsp3) is 0.875.